The van der Waals surface area contributed by atoms with Crippen molar-refractivity contribution in [1.29, 1.82) is 0 Å². The average molecular weight is 374 g/mol. The third-order valence-electron chi connectivity index (χ3n) is 3.98. The maximum atomic E-state index is 10.7. The minimum absolute atomic E-state index is 0.125. The zero-order chi connectivity index (χ0) is 17.7. The van der Waals surface area contributed by atoms with E-state index in [9.17, 15) is 13.0 Å². The lowest BCUT2D eigenvalue weighted by molar-refractivity contribution is 0.390. The Kier molecular flexibility index (Phi) is 11.4. The largest absolute Gasteiger partial charge is 0.725 e. The van der Waals surface area contributed by atoms with Gasteiger partial charge in [-0.3, -0.25) is 0 Å². The minimum atomic E-state index is -4.66. The third kappa shape index (κ3) is 11.1. The lowest BCUT2D eigenvalue weighted by Gasteiger charge is -2.17. The third-order valence-corrected chi connectivity index (χ3v) is 5.70. The predicted octanol–water partition coefficient (Wildman–Crippen LogP) is 5.77. The van der Waals surface area contributed by atoms with Crippen molar-refractivity contribution in [2.75, 3.05) is 0 Å². The van der Waals surface area contributed by atoms with Crippen LogP contribution >= 0.6 is 12.0 Å². The Labute approximate surface area is 151 Å². The molecule has 0 spiro atoms. The molecule has 1 aromatic carbocycles. The summed E-state index contributed by atoms with van der Waals surface area (Å²) in [6.45, 7) is 2.23. The quantitative estimate of drug-likeness (QED) is 0.179. The standard InChI is InChI=1S/C18H30O4S2/c1-2-3-4-5-6-7-8-9-13-16-18(23-22-24(19,20)21)17-14-11-10-12-15-17/h10-12,14-15,18H,2-9,13,16H2,1H3,(H,19,20,21)/p-1. The monoisotopic (exact) mass is 373 g/mol. The molecule has 4 nitrogen and oxygen atoms in total. The van der Waals surface area contributed by atoms with E-state index in [-0.39, 0.29) is 5.25 Å². The molecule has 0 bridgehead atoms. The van der Waals surface area contributed by atoms with Gasteiger partial charge in [0.2, 0.25) is 10.4 Å². The first-order valence-electron chi connectivity index (χ1n) is 8.88. The van der Waals surface area contributed by atoms with Gasteiger partial charge in [0.1, 0.15) is 0 Å². The molecular formula is C18H29O4S2-. The van der Waals surface area contributed by atoms with Gasteiger partial charge in [-0.15, -0.1) is 0 Å². The van der Waals surface area contributed by atoms with Gasteiger partial charge in [0.25, 0.3) is 0 Å². The Bertz CT molecular complexity index is 517. The van der Waals surface area contributed by atoms with Crippen LogP contribution in [-0.4, -0.2) is 13.0 Å². The van der Waals surface area contributed by atoms with Crippen molar-refractivity contribution in [3.63, 3.8) is 0 Å². The molecule has 0 saturated carbocycles. The molecule has 0 fully saturated rings. The van der Waals surface area contributed by atoms with Gasteiger partial charge in [-0.25, -0.2) is 12.0 Å². The number of rotatable bonds is 14. The molecule has 0 amide bonds. The van der Waals surface area contributed by atoms with Crippen LogP contribution in [0.25, 0.3) is 0 Å². The van der Waals surface area contributed by atoms with E-state index >= 15 is 0 Å². The minimum Gasteiger partial charge on any atom is -0.725 e. The van der Waals surface area contributed by atoms with E-state index in [0.717, 1.165) is 36.9 Å². The summed E-state index contributed by atoms with van der Waals surface area (Å²) < 4.78 is 36.5. The van der Waals surface area contributed by atoms with Crippen LogP contribution in [-0.2, 0) is 14.0 Å². The Balaban J connectivity index is 2.27. The van der Waals surface area contributed by atoms with E-state index < -0.39 is 10.4 Å². The second-order valence-corrected chi connectivity index (χ2v) is 8.21. The van der Waals surface area contributed by atoms with Crippen molar-refractivity contribution >= 4 is 22.4 Å². The van der Waals surface area contributed by atoms with Gasteiger partial charge in [0, 0.05) is 12.0 Å². The van der Waals surface area contributed by atoms with Crippen molar-refractivity contribution in [1.82, 2.24) is 0 Å². The van der Waals surface area contributed by atoms with Crippen molar-refractivity contribution in [3.05, 3.63) is 35.9 Å². The molecule has 0 aliphatic heterocycles. The molecule has 1 rings (SSSR count). The fourth-order valence-corrected chi connectivity index (χ4v) is 3.97. The fraction of sp³-hybridized carbons (Fsp3) is 0.667. The summed E-state index contributed by atoms with van der Waals surface area (Å²) in [6.07, 6.45) is 12.0. The zero-order valence-electron chi connectivity index (χ0n) is 14.5. The van der Waals surface area contributed by atoms with E-state index in [1.165, 1.54) is 44.9 Å². The van der Waals surface area contributed by atoms with Crippen LogP contribution in [0.4, 0.5) is 0 Å². The van der Waals surface area contributed by atoms with Crippen molar-refractivity contribution in [2.45, 2.75) is 76.4 Å². The molecule has 1 unspecified atom stereocenters. The highest BCUT2D eigenvalue weighted by Crippen LogP contribution is 2.35. The molecule has 0 aliphatic rings. The van der Waals surface area contributed by atoms with Gasteiger partial charge in [-0.05, 0) is 12.0 Å². The molecule has 1 atom stereocenters. The summed E-state index contributed by atoms with van der Waals surface area (Å²) in [4.78, 5) is 0. The lowest BCUT2D eigenvalue weighted by Crippen LogP contribution is -2.02. The van der Waals surface area contributed by atoms with Crippen LogP contribution in [0.2, 0.25) is 0 Å². The SMILES string of the molecule is CCCCCCCCCCCC(SOS(=O)(=O)[O-])c1ccccc1. The van der Waals surface area contributed by atoms with Crippen LogP contribution in [0.15, 0.2) is 30.3 Å². The van der Waals surface area contributed by atoms with Crippen LogP contribution in [0.1, 0.15) is 81.9 Å². The Morgan fingerprint density at radius 1 is 0.958 bits per heavy atom. The van der Waals surface area contributed by atoms with Gasteiger partial charge >= 0.3 is 0 Å². The van der Waals surface area contributed by atoms with Gasteiger partial charge < -0.3 is 4.55 Å². The highest BCUT2D eigenvalue weighted by molar-refractivity contribution is 8.02. The molecule has 0 aromatic heterocycles. The summed E-state index contributed by atoms with van der Waals surface area (Å²) in [5.41, 5.74) is 0.991. The highest BCUT2D eigenvalue weighted by atomic mass is 32.3. The number of hydrogen-bond donors (Lipinski definition) is 0. The summed E-state index contributed by atoms with van der Waals surface area (Å²) >= 11 is 0.758. The van der Waals surface area contributed by atoms with E-state index in [4.69, 9.17) is 0 Å². The van der Waals surface area contributed by atoms with E-state index in [0.29, 0.717) is 0 Å². The van der Waals surface area contributed by atoms with Crippen LogP contribution < -0.4 is 0 Å². The first-order chi connectivity index (χ1) is 11.5. The highest BCUT2D eigenvalue weighted by Gasteiger charge is 2.14. The van der Waals surface area contributed by atoms with Crippen molar-refractivity contribution < 1.29 is 16.6 Å². The molecule has 0 saturated heterocycles. The maximum Gasteiger partial charge on any atom is 0.228 e. The summed E-state index contributed by atoms with van der Waals surface area (Å²) in [5.74, 6) is 0. The topological polar surface area (TPSA) is 66.4 Å². The van der Waals surface area contributed by atoms with Gasteiger partial charge in [-0.2, -0.15) is 0 Å². The molecule has 1 aromatic rings. The zero-order valence-corrected chi connectivity index (χ0v) is 16.1. The summed E-state index contributed by atoms with van der Waals surface area (Å²) in [7, 11) is -4.66. The second-order valence-electron chi connectivity index (χ2n) is 6.09. The molecule has 138 valence electrons. The molecule has 6 heteroatoms. The number of benzene rings is 1. The van der Waals surface area contributed by atoms with Crippen molar-refractivity contribution in [2.24, 2.45) is 0 Å². The number of unbranched alkanes of at least 4 members (excludes halogenated alkanes) is 8. The van der Waals surface area contributed by atoms with Crippen LogP contribution in [0, 0.1) is 0 Å². The smallest absolute Gasteiger partial charge is 0.228 e. The van der Waals surface area contributed by atoms with Gasteiger partial charge in [0.05, 0.1) is 5.25 Å². The molecule has 0 aliphatic carbocycles. The fourth-order valence-electron chi connectivity index (χ4n) is 2.67. The first kappa shape index (κ1) is 21.5. The normalized spacial score (nSPS) is 13.1. The van der Waals surface area contributed by atoms with Crippen LogP contribution in [0.5, 0.6) is 0 Å². The van der Waals surface area contributed by atoms with Gasteiger partial charge in [0.15, 0.2) is 0 Å². The maximum absolute atomic E-state index is 10.7. The van der Waals surface area contributed by atoms with E-state index in [2.05, 4.69) is 10.6 Å². The van der Waals surface area contributed by atoms with Crippen molar-refractivity contribution in [3.8, 4) is 0 Å². The lowest BCUT2D eigenvalue weighted by atomic mass is 10.0. The first-order valence-corrected chi connectivity index (χ1v) is 11.0. The molecule has 0 radical (unpaired) electrons. The van der Waals surface area contributed by atoms with Gasteiger partial charge in [-0.1, -0.05) is 95.0 Å². The van der Waals surface area contributed by atoms with E-state index in [1.54, 1.807) is 0 Å². The molecule has 0 heterocycles. The number of hydrogen-bond acceptors (Lipinski definition) is 5. The summed E-state index contributed by atoms with van der Waals surface area (Å²) in [5, 5.41) is -0.125. The Hall–Kier alpha value is -0.560. The molecule has 0 N–H and O–H groups in total. The average Bonchev–Trinajstić information content (AvgIpc) is 2.56. The summed E-state index contributed by atoms with van der Waals surface area (Å²) in [6, 6.07) is 9.60. The second kappa shape index (κ2) is 12.8. The predicted molar refractivity (Wildman–Crippen MR) is 99.4 cm³/mol. The Morgan fingerprint density at radius 2 is 1.50 bits per heavy atom. The molecular weight excluding hydrogens is 344 g/mol. The molecule has 24 heavy (non-hydrogen) atoms. The Morgan fingerprint density at radius 3 is 2.04 bits per heavy atom. The van der Waals surface area contributed by atoms with E-state index in [1.807, 2.05) is 30.3 Å². The van der Waals surface area contributed by atoms with Crippen LogP contribution in [0.3, 0.4) is 0 Å².